The number of aromatic nitrogens is 1. The zero-order valence-corrected chi connectivity index (χ0v) is 16.8. The number of hydrogen-bond donors (Lipinski definition) is 1. The summed E-state index contributed by atoms with van der Waals surface area (Å²) < 4.78 is 5.42. The fraction of sp³-hybridized carbons (Fsp3) is 0.227. The molecule has 0 spiro atoms. The molecule has 1 aromatic heterocycles. The van der Waals surface area contributed by atoms with Crippen LogP contribution >= 0.6 is 0 Å². The van der Waals surface area contributed by atoms with Gasteiger partial charge in [-0.3, -0.25) is 19.9 Å². The molecule has 0 fully saturated rings. The number of nitro groups is 1. The number of nitrogens with one attached hydrogen (secondary N) is 1. The van der Waals surface area contributed by atoms with Crippen LogP contribution in [0.1, 0.15) is 35.5 Å². The van der Waals surface area contributed by atoms with Gasteiger partial charge in [-0.25, -0.2) is 4.79 Å². The fourth-order valence-electron chi connectivity index (χ4n) is 3.18. The quantitative estimate of drug-likeness (QED) is 0.372. The Labute approximate surface area is 173 Å². The van der Waals surface area contributed by atoms with Crippen molar-refractivity contribution in [2.45, 2.75) is 33.3 Å². The van der Waals surface area contributed by atoms with Gasteiger partial charge in [0.25, 0.3) is 11.6 Å². The summed E-state index contributed by atoms with van der Waals surface area (Å²) in [5, 5.41) is 14.1. The number of anilines is 1. The monoisotopic (exact) mass is 407 g/mol. The summed E-state index contributed by atoms with van der Waals surface area (Å²) in [6, 6.07) is 12.8. The smallest absolute Gasteiger partial charge is 0.339 e. The Morgan fingerprint density at radius 2 is 1.93 bits per heavy atom. The summed E-state index contributed by atoms with van der Waals surface area (Å²) in [5.74, 6) is -1.21. The van der Waals surface area contributed by atoms with Gasteiger partial charge in [0, 0.05) is 28.9 Å². The summed E-state index contributed by atoms with van der Waals surface area (Å²) in [5.41, 5.74) is 2.66. The highest BCUT2D eigenvalue weighted by Crippen LogP contribution is 2.25. The van der Waals surface area contributed by atoms with Gasteiger partial charge in [-0.05, 0) is 38.0 Å². The van der Waals surface area contributed by atoms with Crippen LogP contribution in [0.25, 0.3) is 10.9 Å². The second-order valence-corrected chi connectivity index (χ2v) is 6.77. The maximum absolute atomic E-state index is 12.9. The van der Waals surface area contributed by atoms with E-state index in [0.717, 1.165) is 5.69 Å². The summed E-state index contributed by atoms with van der Waals surface area (Å²) in [6.45, 7) is 5.21. The zero-order chi connectivity index (χ0) is 21.8. The van der Waals surface area contributed by atoms with Gasteiger partial charge in [0.1, 0.15) is 0 Å². The first-order valence-corrected chi connectivity index (χ1v) is 9.46. The van der Waals surface area contributed by atoms with E-state index in [9.17, 15) is 19.7 Å². The van der Waals surface area contributed by atoms with Gasteiger partial charge < -0.3 is 10.1 Å². The highest BCUT2D eigenvalue weighted by atomic mass is 16.6. The molecule has 3 rings (SSSR count). The van der Waals surface area contributed by atoms with Crippen LogP contribution in [0.15, 0.2) is 48.5 Å². The molecule has 30 heavy (non-hydrogen) atoms. The van der Waals surface area contributed by atoms with Crippen LogP contribution in [0, 0.1) is 17.0 Å². The topological polar surface area (TPSA) is 111 Å². The number of nitrogens with zero attached hydrogens (tertiary/aromatic N) is 2. The van der Waals surface area contributed by atoms with Crippen molar-refractivity contribution in [3.05, 3.63) is 75.5 Å². The van der Waals surface area contributed by atoms with Crippen molar-refractivity contribution in [1.29, 1.82) is 0 Å². The predicted octanol–water partition coefficient (Wildman–Crippen LogP) is 4.20. The molecule has 0 bridgehead atoms. The van der Waals surface area contributed by atoms with E-state index in [0.29, 0.717) is 28.5 Å². The number of hydrogen-bond acceptors (Lipinski definition) is 6. The highest BCUT2D eigenvalue weighted by Gasteiger charge is 2.24. The van der Waals surface area contributed by atoms with E-state index in [1.54, 1.807) is 6.07 Å². The number of pyridine rings is 1. The molecule has 1 N–H and O–H groups in total. The number of aryl methyl sites for hydroxylation is 1. The number of para-hydroxylation sites is 1. The van der Waals surface area contributed by atoms with Gasteiger partial charge in [0.05, 0.1) is 16.0 Å². The minimum atomic E-state index is -1.10. The number of esters is 1. The minimum absolute atomic E-state index is 0.150. The molecule has 0 aliphatic carbocycles. The zero-order valence-electron chi connectivity index (χ0n) is 16.8. The van der Waals surface area contributed by atoms with Gasteiger partial charge in [-0.15, -0.1) is 0 Å². The van der Waals surface area contributed by atoms with Crippen molar-refractivity contribution in [2.75, 3.05) is 5.32 Å². The normalized spacial score (nSPS) is 11.7. The lowest BCUT2D eigenvalue weighted by molar-refractivity contribution is -0.384. The molecule has 0 aliphatic heterocycles. The van der Waals surface area contributed by atoms with E-state index < -0.39 is 22.9 Å². The number of benzene rings is 2. The Morgan fingerprint density at radius 3 is 2.63 bits per heavy atom. The van der Waals surface area contributed by atoms with Gasteiger partial charge in [-0.1, -0.05) is 31.2 Å². The number of carbonyl (C=O) groups excluding carboxylic acids is 2. The third-order valence-corrected chi connectivity index (χ3v) is 4.75. The molecule has 2 aromatic carbocycles. The van der Waals surface area contributed by atoms with Crippen LogP contribution in [0.3, 0.4) is 0 Å². The Kier molecular flexibility index (Phi) is 6.06. The molecular weight excluding hydrogens is 386 g/mol. The summed E-state index contributed by atoms with van der Waals surface area (Å²) in [6.07, 6.45) is -0.451. The van der Waals surface area contributed by atoms with Crippen molar-refractivity contribution in [1.82, 2.24) is 4.98 Å². The molecule has 0 saturated carbocycles. The molecule has 0 radical (unpaired) electrons. The molecule has 8 nitrogen and oxygen atoms in total. The molecule has 1 amide bonds. The first-order chi connectivity index (χ1) is 14.3. The molecule has 1 atom stereocenters. The third-order valence-electron chi connectivity index (χ3n) is 4.75. The number of nitro benzene ring substituents is 1. The van der Waals surface area contributed by atoms with E-state index in [-0.39, 0.29) is 11.4 Å². The SMILES string of the molecule is CCc1nc2ccccc2c(C(=O)O[C@@H](C)C(=O)Nc2cccc([N+](=O)[O-])c2)c1C. The van der Waals surface area contributed by atoms with Crippen molar-refractivity contribution >= 4 is 34.2 Å². The van der Waals surface area contributed by atoms with Crippen LogP contribution in [-0.4, -0.2) is 27.9 Å². The second-order valence-electron chi connectivity index (χ2n) is 6.77. The lowest BCUT2D eigenvalue weighted by Gasteiger charge is -2.17. The van der Waals surface area contributed by atoms with E-state index in [2.05, 4.69) is 10.3 Å². The van der Waals surface area contributed by atoms with Crippen LogP contribution < -0.4 is 5.32 Å². The molecule has 1 heterocycles. The second kappa shape index (κ2) is 8.69. The third kappa shape index (κ3) is 4.27. The Balaban J connectivity index is 1.82. The number of fused-ring (bicyclic) bond motifs is 1. The number of non-ortho nitro benzene ring substituents is 1. The molecule has 3 aromatic rings. The average molecular weight is 407 g/mol. The van der Waals surface area contributed by atoms with Gasteiger partial charge in [0.15, 0.2) is 6.10 Å². The average Bonchev–Trinajstić information content (AvgIpc) is 2.73. The molecule has 0 saturated heterocycles. The summed E-state index contributed by atoms with van der Waals surface area (Å²) in [4.78, 5) is 40.3. The van der Waals surface area contributed by atoms with Crippen molar-refractivity contribution in [3.8, 4) is 0 Å². The maximum Gasteiger partial charge on any atom is 0.339 e. The molecule has 0 unspecified atom stereocenters. The lowest BCUT2D eigenvalue weighted by atomic mass is 10.0. The van der Waals surface area contributed by atoms with E-state index in [1.165, 1.54) is 31.2 Å². The van der Waals surface area contributed by atoms with Crippen molar-refractivity contribution in [2.24, 2.45) is 0 Å². The van der Waals surface area contributed by atoms with E-state index in [4.69, 9.17) is 4.74 Å². The predicted molar refractivity (Wildman–Crippen MR) is 112 cm³/mol. The first kappa shape index (κ1) is 20.9. The highest BCUT2D eigenvalue weighted by molar-refractivity contribution is 6.06. The van der Waals surface area contributed by atoms with Crippen molar-refractivity contribution < 1.29 is 19.2 Å². The standard InChI is InChI=1S/C22H21N3O5/c1-4-18-13(2)20(17-10-5-6-11-19(17)24-18)22(27)30-14(3)21(26)23-15-8-7-9-16(12-15)25(28)29/h5-12,14H,4H2,1-3H3,(H,23,26)/t14-/m0/s1. The van der Waals surface area contributed by atoms with E-state index >= 15 is 0 Å². The van der Waals surface area contributed by atoms with Gasteiger partial charge in [-0.2, -0.15) is 0 Å². The van der Waals surface area contributed by atoms with Gasteiger partial charge in [0.2, 0.25) is 0 Å². The van der Waals surface area contributed by atoms with Crippen LogP contribution in [0.4, 0.5) is 11.4 Å². The molecule has 0 aliphatic rings. The Hall–Kier alpha value is -3.81. The van der Waals surface area contributed by atoms with Crippen LogP contribution in [-0.2, 0) is 16.0 Å². The van der Waals surface area contributed by atoms with Gasteiger partial charge >= 0.3 is 5.97 Å². The Morgan fingerprint density at radius 1 is 1.20 bits per heavy atom. The molecule has 154 valence electrons. The number of rotatable bonds is 6. The number of amides is 1. The summed E-state index contributed by atoms with van der Waals surface area (Å²) in [7, 11) is 0. The number of carbonyl (C=O) groups is 2. The molecule has 8 heteroatoms. The largest absolute Gasteiger partial charge is 0.449 e. The van der Waals surface area contributed by atoms with E-state index in [1.807, 2.05) is 32.0 Å². The first-order valence-electron chi connectivity index (χ1n) is 9.46. The van der Waals surface area contributed by atoms with Crippen LogP contribution in [0.5, 0.6) is 0 Å². The number of ether oxygens (including phenoxy) is 1. The van der Waals surface area contributed by atoms with Crippen LogP contribution in [0.2, 0.25) is 0 Å². The fourth-order valence-corrected chi connectivity index (χ4v) is 3.18. The maximum atomic E-state index is 12.9. The lowest BCUT2D eigenvalue weighted by Crippen LogP contribution is -2.30. The minimum Gasteiger partial charge on any atom is -0.449 e. The Bertz CT molecular complexity index is 1140. The molecular formula is C22H21N3O5. The van der Waals surface area contributed by atoms with Crippen molar-refractivity contribution in [3.63, 3.8) is 0 Å². The summed E-state index contributed by atoms with van der Waals surface area (Å²) >= 11 is 0.